The van der Waals surface area contributed by atoms with E-state index in [9.17, 15) is 4.79 Å². The van der Waals surface area contributed by atoms with Crippen molar-refractivity contribution in [2.24, 2.45) is 0 Å². The van der Waals surface area contributed by atoms with Crippen LogP contribution in [0.3, 0.4) is 0 Å². The summed E-state index contributed by atoms with van der Waals surface area (Å²) in [6.45, 7) is 1.97. The minimum Gasteiger partial charge on any atom is -0.485 e. The van der Waals surface area contributed by atoms with Gasteiger partial charge in [-0.25, -0.2) is 0 Å². The molecule has 0 saturated carbocycles. The Kier molecular flexibility index (Phi) is 3.40. The van der Waals surface area contributed by atoms with Gasteiger partial charge in [-0.15, -0.1) is 0 Å². The number of allylic oxidation sites excluding steroid dienone is 1. The molecule has 2 heteroatoms. The minimum atomic E-state index is 0.119. The van der Waals surface area contributed by atoms with Crippen molar-refractivity contribution in [3.05, 3.63) is 41.5 Å². The number of aldehydes is 1. The molecule has 0 saturated heterocycles. The smallest absolute Gasteiger partial charge is 0.153 e. The molecule has 2 rings (SSSR count). The largest absolute Gasteiger partial charge is 0.485 e. The molecule has 0 heterocycles. The zero-order valence-electron chi connectivity index (χ0n) is 9.48. The van der Waals surface area contributed by atoms with Crippen LogP contribution in [0.4, 0.5) is 0 Å². The van der Waals surface area contributed by atoms with Gasteiger partial charge in [0, 0.05) is 0 Å². The van der Waals surface area contributed by atoms with Crippen LogP contribution in [-0.2, 0) is 0 Å². The molecule has 0 bridgehead atoms. The van der Waals surface area contributed by atoms with Crippen LogP contribution in [0.5, 0.6) is 5.75 Å². The Morgan fingerprint density at radius 1 is 1.44 bits per heavy atom. The third kappa shape index (κ3) is 2.32. The lowest BCUT2D eigenvalue weighted by atomic mass is 10.0. The van der Waals surface area contributed by atoms with Gasteiger partial charge in [-0.1, -0.05) is 18.2 Å². The number of hydrogen-bond donors (Lipinski definition) is 0. The van der Waals surface area contributed by atoms with E-state index in [1.165, 1.54) is 0 Å². The van der Waals surface area contributed by atoms with Crippen molar-refractivity contribution in [1.29, 1.82) is 0 Å². The van der Waals surface area contributed by atoms with Gasteiger partial charge in [0.25, 0.3) is 0 Å². The Labute approximate surface area is 95.9 Å². The topological polar surface area (TPSA) is 26.3 Å². The van der Waals surface area contributed by atoms with Crippen LogP contribution in [0.2, 0.25) is 0 Å². The number of aryl methyl sites for hydroxylation is 1. The summed E-state index contributed by atoms with van der Waals surface area (Å²) in [6.07, 6.45) is 8.53. The molecule has 1 atom stereocenters. The second-order valence-corrected chi connectivity index (χ2v) is 4.13. The summed E-state index contributed by atoms with van der Waals surface area (Å²) >= 11 is 0. The second kappa shape index (κ2) is 4.97. The summed E-state index contributed by atoms with van der Waals surface area (Å²) in [5.74, 6) is 0.731. The molecule has 0 fully saturated rings. The molecular formula is C14H16O2. The van der Waals surface area contributed by atoms with Gasteiger partial charge in [0.2, 0.25) is 0 Å². The Balaban J connectivity index is 2.22. The Hall–Kier alpha value is -1.57. The maximum absolute atomic E-state index is 10.9. The summed E-state index contributed by atoms with van der Waals surface area (Å²) in [5.41, 5.74) is 1.66. The van der Waals surface area contributed by atoms with Crippen LogP contribution in [0.25, 0.3) is 0 Å². The van der Waals surface area contributed by atoms with E-state index in [0.717, 1.165) is 36.9 Å². The molecule has 1 unspecified atom stereocenters. The van der Waals surface area contributed by atoms with E-state index in [1.807, 2.05) is 19.1 Å². The second-order valence-electron chi connectivity index (χ2n) is 4.13. The number of para-hydroxylation sites is 1. The fourth-order valence-electron chi connectivity index (χ4n) is 1.96. The lowest BCUT2D eigenvalue weighted by Gasteiger charge is -2.20. The predicted molar refractivity (Wildman–Crippen MR) is 64.0 cm³/mol. The van der Waals surface area contributed by atoms with E-state index in [2.05, 4.69) is 12.2 Å². The molecule has 0 radical (unpaired) electrons. The van der Waals surface area contributed by atoms with Crippen molar-refractivity contribution in [2.45, 2.75) is 32.3 Å². The fourth-order valence-corrected chi connectivity index (χ4v) is 1.96. The molecule has 0 aliphatic heterocycles. The van der Waals surface area contributed by atoms with Gasteiger partial charge >= 0.3 is 0 Å². The number of carbonyl (C=O) groups is 1. The molecular weight excluding hydrogens is 200 g/mol. The first-order valence-electron chi connectivity index (χ1n) is 5.69. The van der Waals surface area contributed by atoms with Crippen molar-refractivity contribution in [1.82, 2.24) is 0 Å². The fraction of sp³-hybridized carbons (Fsp3) is 0.357. The standard InChI is InChI=1S/C14H16O2/c1-11-6-5-7-12(10-15)14(11)16-13-8-3-2-4-9-13/h3,5-8,10,13H,2,4,9H2,1H3. The molecule has 1 aliphatic carbocycles. The van der Waals surface area contributed by atoms with E-state index in [0.29, 0.717) is 5.56 Å². The first-order chi connectivity index (χ1) is 7.81. The number of rotatable bonds is 3. The van der Waals surface area contributed by atoms with E-state index in [-0.39, 0.29) is 6.10 Å². The number of carbonyl (C=O) groups excluding carboxylic acids is 1. The summed E-state index contributed by atoms with van der Waals surface area (Å²) in [7, 11) is 0. The zero-order chi connectivity index (χ0) is 11.4. The molecule has 84 valence electrons. The normalized spacial score (nSPS) is 19.4. The third-order valence-corrected chi connectivity index (χ3v) is 2.85. The van der Waals surface area contributed by atoms with Gasteiger partial charge in [0.05, 0.1) is 5.56 Å². The Morgan fingerprint density at radius 2 is 2.31 bits per heavy atom. The first kappa shape index (κ1) is 10.9. The van der Waals surface area contributed by atoms with E-state index < -0.39 is 0 Å². The molecule has 1 aromatic rings. The molecule has 0 N–H and O–H groups in total. The van der Waals surface area contributed by atoms with Crippen LogP contribution in [0.15, 0.2) is 30.4 Å². The monoisotopic (exact) mass is 216 g/mol. The van der Waals surface area contributed by atoms with Gasteiger partial charge in [-0.2, -0.15) is 0 Å². The predicted octanol–water partition coefficient (Wildman–Crippen LogP) is 3.30. The zero-order valence-corrected chi connectivity index (χ0v) is 9.48. The van der Waals surface area contributed by atoms with Crippen LogP contribution < -0.4 is 4.74 Å². The average Bonchev–Trinajstić information content (AvgIpc) is 2.33. The van der Waals surface area contributed by atoms with Crippen LogP contribution >= 0.6 is 0 Å². The SMILES string of the molecule is Cc1cccc(C=O)c1OC1C=CCCC1. The van der Waals surface area contributed by atoms with E-state index in [1.54, 1.807) is 6.07 Å². The summed E-state index contributed by atoms with van der Waals surface area (Å²) in [4.78, 5) is 10.9. The lowest BCUT2D eigenvalue weighted by molar-refractivity contribution is 0.111. The van der Waals surface area contributed by atoms with Crippen molar-refractivity contribution >= 4 is 6.29 Å². The van der Waals surface area contributed by atoms with Crippen LogP contribution in [0, 0.1) is 6.92 Å². The van der Waals surface area contributed by atoms with Crippen molar-refractivity contribution in [2.75, 3.05) is 0 Å². The highest BCUT2D eigenvalue weighted by molar-refractivity contribution is 5.80. The maximum atomic E-state index is 10.9. The van der Waals surface area contributed by atoms with E-state index in [4.69, 9.17) is 4.74 Å². The van der Waals surface area contributed by atoms with Crippen LogP contribution in [0.1, 0.15) is 35.2 Å². The number of hydrogen-bond acceptors (Lipinski definition) is 2. The summed E-state index contributed by atoms with van der Waals surface area (Å²) in [5, 5.41) is 0. The first-order valence-corrected chi connectivity index (χ1v) is 5.69. The number of ether oxygens (including phenoxy) is 1. The molecule has 2 nitrogen and oxygen atoms in total. The molecule has 0 amide bonds. The Morgan fingerprint density at radius 3 is 3.00 bits per heavy atom. The summed E-state index contributed by atoms with van der Waals surface area (Å²) in [6, 6.07) is 5.64. The van der Waals surface area contributed by atoms with Crippen molar-refractivity contribution in [3.8, 4) is 5.75 Å². The van der Waals surface area contributed by atoms with Gasteiger partial charge in [-0.3, -0.25) is 4.79 Å². The van der Waals surface area contributed by atoms with Crippen molar-refractivity contribution < 1.29 is 9.53 Å². The molecule has 1 aromatic carbocycles. The Bertz CT molecular complexity index is 407. The highest BCUT2D eigenvalue weighted by Gasteiger charge is 2.13. The third-order valence-electron chi connectivity index (χ3n) is 2.85. The molecule has 0 aromatic heterocycles. The molecule has 16 heavy (non-hydrogen) atoms. The van der Waals surface area contributed by atoms with Gasteiger partial charge < -0.3 is 4.74 Å². The molecule has 0 spiro atoms. The average molecular weight is 216 g/mol. The van der Waals surface area contributed by atoms with Crippen molar-refractivity contribution in [3.63, 3.8) is 0 Å². The number of benzene rings is 1. The quantitative estimate of drug-likeness (QED) is 0.572. The highest BCUT2D eigenvalue weighted by Crippen LogP contribution is 2.25. The lowest BCUT2D eigenvalue weighted by Crippen LogP contribution is -2.17. The van der Waals surface area contributed by atoms with Crippen LogP contribution in [-0.4, -0.2) is 12.4 Å². The van der Waals surface area contributed by atoms with Gasteiger partial charge in [0.1, 0.15) is 11.9 Å². The maximum Gasteiger partial charge on any atom is 0.153 e. The highest BCUT2D eigenvalue weighted by atomic mass is 16.5. The van der Waals surface area contributed by atoms with E-state index >= 15 is 0 Å². The van der Waals surface area contributed by atoms with Gasteiger partial charge in [0.15, 0.2) is 6.29 Å². The van der Waals surface area contributed by atoms with Gasteiger partial charge in [-0.05, 0) is 43.9 Å². The summed E-state index contributed by atoms with van der Waals surface area (Å²) < 4.78 is 5.89. The minimum absolute atomic E-state index is 0.119. The molecule has 1 aliphatic rings.